The van der Waals surface area contributed by atoms with Gasteiger partial charge in [0.1, 0.15) is 5.37 Å². The van der Waals surface area contributed by atoms with Gasteiger partial charge in [0, 0.05) is 30.3 Å². The summed E-state index contributed by atoms with van der Waals surface area (Å²) in [5, 5.41) is 3.33. The Morgan fingerprint density at radius 3 is 2.54 bits per heavy atom. The predicted octanol–water partition coefficient (Wildman–Crippen LogP) is 2.12. The van der Waals surface area contributed by atoms with E-state index < -0.39 is 0 Å². The first kappa shape index (κ1) is 18.4. The summed E-state index contributed by atoms with van der Waals surface area (Å²) in [5.41, 5.74) is 6.78. The van der Waals surface area contributed by atoms with Crippen LogP contribution in [0.25, 0.3) is 0 Å². The summed E-state index contributed by atoms with van der Waals surface area (Å²) in [6.45, 7) is 6.01. The molecule has 1 heterocycles. The van der Waals surface area contributed by atoms with Crippen molar-refractivity contribution in [2.75, 3.05) is 18.8 Å². The van der Waals surface area contributed by atoms with Crippen molar-refractivity contribution < 1.29 is 9.59 Å². The molecular weight excluding hydrogens is 346 g/mol. The van der Waals surface area contributed by atoms with Crippen LogP contribution in [-0.4, -0.2) is 47.0 Å². The Morgan fingerprint density at radius 1 is 1.23 bits per heavy atom. The SMILES string of the molecule is CC(C)=CCN1CCSC1C(=O)NC1C2CC3CC1CC(C(N)=O)(C3)C2. The average molecular weight is 378 g/mol. The molecule has 0 aromatic carbocycles. The molecule has 0 aromatic rings. The third-order valence-electron chi connectivity index (χ3n) is 7.05. The predicted molar refractivity (Wildman–Crippen MR) is 104 cm³/mol. The van der Waals surface area contributed by atoms with Crippen molar-refractivity contribution in [2.24, 2.45) is 28.9 Å². The molecule has 3 N–H and O–H groups in total. The molecule has 6 heteroatoms. The zero-order valence-electron chi connectivity index (χ0n) is 15.9. The van der Waals surface area contributed by atoms with Crippen molar-refractivity contribution in [3.8, 4) is 0 Å². The zero-order chi connectivity index (χ0) is 18.5. The number of nitrogens with two attached hydrogens (primary N) is 1. The molecule has 4 aliphatic carbocycles. The van der Waals surface area contributed by atoms with E-state index in [-0.39, 0.29) is 28.6 Å². The lowest BCUT2D eigenvalue weighted by atomic mass is 9.47. The molecule has 5 aliphatic rings. The van der Waals surface area contributed by atoms with Gasteiger partial charge in [-0.15, -0.1) is 11.8 Å². The molecule has 5 rings (SSSR count). The van der Waals surface area contributed by atoms with E-state index in [1.165, 1.54) is 5.57 Å². The number of thioether (sulfide) groups is 1. The fraction of sp³-hybridized carbons (Fsp3) is 0.800. The first-order valence-corrected chi connectivity index (χ1v) is 11.0. The molecule has 26 heavy (non-hydrogen) atoms. The number of primary amides is 1. The van der Waals surface area contributed by atoms with Crippen molar-refractivity contribution >= 4 is 23.6 Å². The lowest BCUT2D eigenvalue weighted by Gasteiger charge is -2.58. The molecule has 1 saturated heterocycles. The van der Waals surface area contributed by atoms with E-state index in [0.29, 0.717) is 17.8 Å². The molecule has 0 radical (unpaired) electrons. The highest BCUT2D eigenvalue weighted by atomic mass is 32.2. The van der Waals surface area contributed by atoms with Gasteiger partial charge in [-0.1, -0.05) is 11.6 Å². The fourth-order valence-corrected chi connectivity index (χ4v) is 7.21. The molecule has 3 atom stereocenters. The van der Waals surface area contributed by atoms with E-state index in [1.54, 1.807) is 11.8 Å². The Balaban J connectivity index is 1.43. The Morgan fingerprint density at radius 2 is 1.92 bits per heavy atom. The minimum absolute atomic E-state index is 0.0760. The van der Waals surface area contributed by atoms with E-state index in [4.69, 9.17) is 5.73 Å². The summed E-state index contributed by atoms with van der Waals surface area (Å²) in [7, 11) is 0. The van der Waals surface area contributed by atoms with Crippen molar-refractivity contribution in [1.82, 2.24) is 10.2 Å². The summed E-state index contributed by atoms with van der Waals surface area (Å²) in [6.07, 6.45) is 7.22. The zero-order valence-corrected chi connectivity index (χ0v) is 16.7. The largest absolute Gasteiger partial charge is 0.369 e. The molecule has 1 aliphatic heterocycles. The Labute approximate surface area is 160 Å². The van der Waals surface area contributed by atoms with E-state index >= 15 is 0 Å². The number of nitrogens with one attached hydrogen (secondary N) is 1. The monoisotopic (exact) mass is 377 g/mol. The lowest BCUT2D eigenvalue weighted by Crippen LogP contribution is -2.63. The van der Waals surface area contributed by atoms with Crippen LogP contribution in [0.5, 0.6) is 0 Å². The van der Waals surface area contributed by atoms with Gasteiger partial charge in [0.05, 0.1) is 0 Å². The molecule has 5 fully saturated rings. The van der Waals surface area contributed by atoms with Crippen LogP contribution in [0.1, 0.15) is 46.0 Å². The minimum Gasteiger partial charge on any atom is -0.369 e. The van der Waals surface area contributed by atoms with E-state index in [0.717, 1.165) is 50.9 Å². The lowest BCUT2D eigenvalue weighted by molar-refractivity contribution is -0.147. The van der Waals surface area contributed by atoms with Gasteiger partial charge in [0.25, 0.3) is 0 Å². The van der Waals surface area contributed by atoms with Gasteiger partial charge in [0.15, 0.2) is 0 Å². The quantitative estimate of drug-likeness (QED) is 0.720. The van der Waals surface area contributed by atoms with Crippen LogP contribution < -0.4 is 11.1 Å². The van der Waals surface area contributed by atoms with E-state index in [9.17, 15) is 9.59 Å². The van der Waals surface area contributed by atoms with Gasteiger partial charge in [-0.05, 0) is 63.7 Å². The van der Waals surface area contributed by atoms with Crippen molar-refractivity contribution in [2.45, 2.75) is 57.4 Å². The van der Waals surface area contributed by atoms with Gasteiger partial charge in [-0.25, -0.2) is 0 Å². The van der Waals surface area contributed by atoms with Gasteiger partial charge in [0.2, 0.25) is 11.8 Å². The molecule has 5 nitrogen and oxygen atoms in total. The number of hydrogen-bond donors (Lipinski definition) is 2. The number of rotatable bonds is 5. The summed E-state index contributed by atoms with van der Waals surface area (Å²) in [5.74, 6) is 2.55. The van der Waals surface area contributed by atoms with Gasteiger partial charge >= 0.3 is 0 Å². The van der Waals surface area contributed by atoms with Crippen molar-refractivity contribution in [1.29, 1.82) is 0 Å². The minimum atomic E-state index is -0.282. The topological polar surface area (TPSA) is 75.4 Å². The standard InChI is InChI=1S/C20H31N3O2S/c1-12(2)3-4-23-5-6-26-18(23)17(24)22-16-14-7-13-8-15(16)11-20(9-13,10-14)19(21)25/h3,13-16,18H,4-11H2,1-2H3,(H2,21,25)(H,22,24). The number of allylic oxidation sites excluding steroid dienone is 1. The van der Waals surface area contributed by atoms with Crippen LogP contribution in [-0.2, 0) is 9.59 Å². The second-order valence-corrected chi connectivity index (χ2v) is 10.3. The van der Waals surface area contributed by atoms with Crippen molar-refractivity contribution in [3.05, 3.63) is 11.6 Å². The highest BCUT2D eigenvalue weighted by Gasteiger charge is 2.58. The van der Waals surface area contributed by atoms with E-state index in [1.807, 2.05) is 0 Å². The maximum Gasteiger partial charge on any atom is 0.247 e. The molecular formula is C20H31N3O2S. The van der Waals surface area contributed by atoms with Crippen LogP contribution in [0.15, 0.2) is 11.6 Å². The Hall–Kier alpha value is -1.01. The summed E-state index contributed by atoms with van der Waals surface area (Å²) in [4.78, 5) is 27.4. The van der Waals surface area contributed by atoms with Crippen LogP contribution >= 0.6 is 11.8 Å². The normalized spacial score (nSPS) is 41.2. The Kier molecular flexibility index (Phi) is 4.84. The maximum absolute atomic E-state index is 13.0. The first-order chi connectivity index (χ1) is 12.4. The molecule has 3 unspecified atom stereocenters. The second kappa shape index (κ2) is 6.86. The summed E-state index contributed by atoms with van der Waals surface area (Å²) in [6, 6.07) is 0.234. The molecule has 144 valence electrons. The van der Waals surface area contributed by atoms with Crippen molar-refractivity contribution in [3.63, 3.8) is 0 Å². The molecule has 4 bridgehead atoms. The summed E-state index contributed by atoms with van der Waals surface area (Å²) < 4.78 is 0. The van der Waals surface area contributed by atoms with Gasteiger partial charge in [-0.2, -0.15) is 0 Å². The number of carbonyl (C=O) groups is 2. The third kappa shape index (κ3) is 3.19. The highest BCUT2D eigenvalue weighted by Crippen LogP contribution is 2.59. The van der Waals surface area contributed by atoms with Gasteiger partial charge in [-0.3, -0.25) is 14.5 Å². The van der Waals surface area contributed by atoms with Crippen LogP contribution in [0.4, 0.5) is 0 Å². The van der Waals surface area contributed by atoms with Crippen LogP contribution in [0.3, 0.4) is 0 Å². The first-order valence-electron chi connectivity index (χ1n) is 9.97. The molecule has 4 saturated carbocycles. The highest BCUT2D eigenvalue weighted by molar-refractivity contribution is 8.00. The number of carbonyl (C=O) groups excluding carboxylic acids is 2. The number of hydrogen-bond acceptors (Lipinski definition) is 4. The van der Waals surface area contributed by atoms with E-state index in [2.05, 4.69) is 30.1 Å². The average Bonchev–Trinajstić information content (AvgIpc) is 3.04. The number of amides is 2. The maximum atomic E-state index is 13.0. The molecule has 2 amide bonds. The third-order valence-corrected chi connectivity index (χ3v) is 8.30. The van der Waals surface area contributed by atoms with Crippen LogP contribution in [0.2, 0.25) is 0 Å². The fourth-order valence-electron chi connectivity index (χ4n) is 6.03. The number of nitrogens with zero attached hydrogens (tertiary/aromatic N) is 1. The molecule has 0 spiro atoms. The van der Waals surface area contributed by atoms with Crippen LogP contribution in [0, 0.1) is 23.2 Å². The Bertz CT molecular complexity index is 615. The molecule has 0 aromatic heterocycles. The van der Waals surface area contributed by atoms with Gasteiger partial charge < -0.3 is 11.1 Å². The second-order valence-electron chi connectivity index (χ2n) is 9.15. The summed E-state index contributed by atoms with van der Waals surface area (Å²) >= 11 is 1.75. The smallest absolute Gasteiger partial charge is 0.247 e.